The Morgan fingerprint density at radius 2 is 1.62 bits per heavy atom. The van der Waals surface area contributed by atoms with Crippen molar-refractivity contribution in [1.29, 1.82) is 0 Å². The normalized spacial score (nSPS) is 22.0. The number of carbonyl (C=O) groups is 3. The zero-order valence-corrected chi connectivity index (χ0v) is 19.6. The van der Waals surface area contributed by atoms with Crippen LogP contribution in [0.15, 0.2) is 48.5 Å². The van der Waals surface area contributed by atoms with Crippen molar-refractivity contribution < 1.29 is 29.0 Å². The molecule has 2 aromatic carbocycles. The van der Waals surface area contributed by atoms with E-state index in [0.29, 0.717) is 0 Å². The van der Waals surface area contributed by atoms with Crippen molar-refractivity contribution in [2.24, 2.45) is 11.1 Å². The van der Waals surface area contributed by atoms with E-state index < -0.39 is 35.2 Å². The highest BCUT2D eigenvalue weighted by molar-refractivity contribution is 6.00. The number of hydrogen-bond acceptors (Lipinski definition) is 6. The first kappa shape index (κ1) is 23.8. The molecule has 0 aromatic heterocycles. The molecular weight excluding hydrogens is 436 g/mol. The third kappa shape index (κ3) is 4.03. The molecule has 4 rings (SSSR count). The summed E-state index contributed by atoms with van der Waals surface area (Å²) in [5.74, 6) is -2.51. The average molecular weight is 467 g/mol. The lowest BCUT2D eigenvalue weighted by atomic mass is 9.76. The summed E-state index contributed by atoms with van der Waals surface area (Å²) >= 11 is 0. The molecule has 1 amide bonds. The first-order valence-electron chi connectivity index (χ1n) is 11.4. The SMILES string of the molecule is CC(C)(C)OC(=O)[C@@]1(C(=O)O)CCCN(C(=O)OCC2c3ccccc3-c3ccccc32)[C@@H]1N. The summed E-state index contributed by atoms with van der Waals surface area (Å²) in [6.45, 7) is 5.21. The monoisotopic (exact) mass is 466 g/mol. The van der Waals surface area contributed by atoms with Gasteiger partial charge in [0.25, 0.3) is 0 Å². The summed E-state index contributed by atoms with van der Waals surface area (Å²) < 4.78 is 11.0. The predicted molar refractivity (Wildman–Crippen MR) is 125 cm³/mol. The molecule has 8 heteroatoms. The van der Waals surface area contributed by atoms with Gasteiger partial charge in [0.05, 0.1) is 0 Å². The summed E-state index contributed by atoms with van der Waals surface area (Å²) in [7, 11) is 0. The van der Waals surface area contributed by atoms with E-state index in [9.17, 15) is 19.5 Å². The van der Waals surface area contributed by atoms with E-state index in [1.165, 1.54) is 0 Å². The molecule has 0 saturated carbocycles. The van der Waals surface area contributed by atoms with Crippen LogP contribution in [0.5, 0.6) is 0 Å². The van der Waals surface area contributed by atoms with Crippen LogP contribution in [0.25, 0.3) is 11.1 Å². The second-order valence-corrected chi connectivity index (χ2v) is 9.82. The molecule has 1 fully saturated rings. The largest absolute Gasteiger partial charge is 0.480 e. The second kappa shape index (κ2) is 8.76. The van der Waals surface area contributed by atoms with Crippen LogP contribution in [0.2, 0.25) is 0 Å². The van der Waals surface area contributed by atoms with Crippen LogP contribution in [-0.4, -0.2) is 53.0 Å². The first-order valence-corrected chi connectivity index (χ1v) is 11.4. The number of rotatable bonds is 4. The fourth-order valence-electron chi connectivity index (χ4n) is 4.88. The van der Waals surface area contributed by atoms with Gasteiger partial charge in [0.2, 0.25) is 0 Å². The van der Waals surface area contributed by atoms with E-state index in [1.54, 1.807) is 20.8 Å². The molecular formula is C26H30N2O6. The lowest BCUT2D eigenvalue weighted by molar-refractivity contribution is -0.185. The molecule has 8 nitrogen and oxygen atoms in total. The standard InChI is InChI=1S/C26H30N2O6/c1-25(2,3)34-23(31)26(22(29)30)13-8-14-28(21(26)27)24(32)33-15-20-18-11-6-4-9-16(18)17-10-5-7-12-19(17)20/h4-7,9-12,20-21H,8,13-15,27H2,1-3H3,(H,29,30)/t21-,26-/m0/s1. The number of carbonyl (C=O) groups excluding carboxylic acids is 2. The number of hydrogen-bond donors (Lipinski definition) is 2. The smallest absolute Gasteiger partial charge is 0.411 e. The Labute approximate surface area is 198 Å². The fraction of sp³-hybridized carbons (Fsp3) is 0.423. The molecule has 34 heavy (non-hydrogen) atoms. The van der Waals surface area contributed by atoms with E-state index in [-0.39, 0.29) is 31.9 Å². The van der Waals surface area contributed by atoms with E-state index in [2.05, 4.69) is 0 Å². The molecule has 0 spiro atoms. The number of amides is 1. The number of carboxylic acid groups (broad SMARTS) is 1. The summed E-state index contributed by atoms with van der Waals surface area (Å²) in [5, 5.41) is 9.99. The van der Waals surface area contributed by atoms with Crippen LogP contribution in [0.1, 0.15) is 50.7 Å². The molecule has 1 aliphatic carbocycles. The van der Waals surface area contributed by atoms with Gasteiger partial charge in [-0.2, -0.15) is 0 Å². The summed E-state index contributed by atoms with van der Waals surface area (Å²) in [5.41, 5.74) is 7.63. The highest BCUT2D eigenvalue weighted by Crippen LogP contribution is 2.45. The maximum Gasteiger partial charge on any atom is 0.411 e. The number of likely N-dealkylation sites (tertiary alicyclic amines) is 1. The Bertz CT molecular complexity index is 1080. The number of carboxylic acids is 1. The van der Waals surface area contributed by atoms with Crippen LogP contribution in [0.3, 0.4) is 0 Å². The summed E-state index contributed by atoms with van der Waals surface area (Å²) in [4.78, 5) is 39.4. The van der Waals surface area contributed by atoms with Crippen molar-refractivity contribution in [2.45, 2.75) is 51.3 Å². The van der Waals surface area contributed by atoms with Crippen LogP contribution in [0.4, 0.5) is 4.79 Å². The Morgan fingerprint density at radius 1 is 1.06 bits per heavy atom. The van der Waals surface area contributed by atoms with Crippen molar-refractivity contribution in [3.8, 4) is 11.1 Å². The lowest BCUT2D eigenvalue weighted by Gasteiger charge is -2.43. The minimum absolute atomic E-state index is 0.0223. The Morgan fingerprint density at radius 3 is 2.15 bits per heavy atom. The lowest BCUT2D eigenvalue weighted by Crippen LogP contribution is -2.66. The van der Waals surface area contributed by atoms with Crippen LogP contribution >= 0.6 is 0 Å². The summed E-state index contributed by atoms with van der Waals surface area (Å²) in [6.07, 6.45) is -1.90. The molecule has 2 atom stereocenters. The molecule has 1 aliphatic heterocycles. The third-order valence-corrected chi connectivity index (χ3v) is 6.53. The first-order chi connectivity index (χ1) is 16.1. The van der Waals surface area contributed by atoms with Gasteiger partial charge in [-0.05, 0) is 55.9 Å². The average Bonchev–Trinajstić information content (AvgIpc) is 3.10. The Balaban J connectivity index is 1.54. The van der Waals surface area contributed by atoms with Crippen LogP contribution in [-0.2, 0) is 19.1 Å². The molecule has 2 aliphatic rings. The molecule has 1 saturated heterocycles. The van der Waals surface area contributed by atoms with Crippen molar-refractivity contribution in [1.82, 2.24) is 4.90 Å². The number of nitrogens with two attached hydrogens (primary N) is 1. The fourth-order valence-corrected chi connectivity index (χ4v) is 4.88. The molecule has 0 bridgehead atoms. The highest BCUT2D eigenvalue weighted by atomic mass is 16.6. The van der Waals surface area contributed by atoms with Crippen LogP contribution in [0, 0.1) is 5.41 Å². The molecule has 180 valence electrons. The van der Waals surface area contributed by atoms with E-state index in [0.717, 1.165) is 27.2 Å². The van der Waals surface area contributed by atoms with Crippen molar-refractivity contribution in [2.75, 3.05) is 13.2 Å². The van der Waals surface area contributed by atoms with Crippen LogP contribution < -0.4 is 5.73 Å². The Kier molecular flexibility index (Phi) is 6.12. The number of fused-ring (bicyclic) bond motifs is 3. The van der Waals surface area contributed by atoms with Crippen molar-refractivity contribution in [3.63, 3.8) is 0 Å². The van der Waals surface area contributed by atoms with Gasteiger partial charge < -0.3 is 20.3 Å². The van der Waals surface area contributed by atoms with E-state index >= 15 is 0 Å². The van der Waals surface area contributed by atoms with Gasteiger partial charge in [-0.15, -0.1) is 0 Å². The van der Waals surface area contributed by atoms with Gasteiger partial charge in [0.15, 0.2) is 5.41 Å². The van der Waals surface area contributed by atoms with Crippen molar-refractivity contribution in [3.05, 3.63) is 59.7 Å². The molecule has 1 heterocycles. The van der Waals surface area contributed by atoms with Gasteiger partial charge in [-0.3, -0.25) is 14.5 Å². The number of esters is 1. The number of benzene rings is 2. The van der Waals surface area contributed by atoms with Gasteiger partial charge in [-0.1, -0.05) is 48.5 Å². The minimum Gasteiger partial charge on any atom is -0.480 e. The molecule has 2 aromatic rings. The number of ether oxygens (including phenoxy) is 2. The minimum atomic E-state index is -2.06. The molecule has 0 radical (unpaired) electrons. The van der Waals surface area contributed by atoms with E-state index in [1.807, 2.05) is 48.5 Å². The quantitative estimate of drug-likeness (QED) is 0.520. The summed E-state index contributed by atoms with van der Waals surface area (Å²) in [6, 6.07) is 15.9. The maximum atomic E-state index is 13.1. The number of aliphatic carboxylic acids is 1. The predicted octanol–water partition coefficient (Wildman–Crippen LogP) is 3.73. The zero-order valence-electron chi connectivity index (χ0n) is 19.6. The topological polar surface area (TPSA) is 119 Å². The van der Waals surface area contributed by atoms with Gasteiger partial charge in [0.1, 0.15) is 18.4 Å². The maximum absolute atomic E-state index is 13.1. The number of piperidine rings is 1. The number of nitrogens with zero attached hydrogens (tertiary/aromatic N) is 1. The highest BCUT2D eigenvalue weighted by Gasteiger charge is 2.58. The third-order valence-electron chi connectivity index (χ3n) is 6.53. The van der Waals surface area contributed by atoms with Gasteiger partial charge in [0, 0.05) is 12.5 Å². The molecule has 0 unspecified atom stereocenters. The van der Waals surface area contributed by atoms with Gasteiger partial charge in [-0.25, -0.2) is 4.79 Å². The Hall–Kier alpha value is -3.39. The second-order valence-electron chi connectivity index (χ2n) is 9.82. The molecule has 3 N–H and O–H groups in total. The van der Waals surface area contributed by atoms with Crippen molar-refractivity contribution >= 4 is 18.0 Å². The van der Waals surface area contributed by atoms with E-state index in [4.69, 9.17) is 15.2 Å². The zero-order chi connectivity index (χ0) is 24.7. The van der Waals surface area contributed by atoms with Gasteiger partial charge >= 0.3 is 18.0 Å².